The molecule has 3 aromatic rings. The van der Waals surface area contributed by atoms with E-state index in [-0.39, 0.29) is 18.5 Å². The van der Waals surface area contributed by atoms with Gasteiger partial charge in [-0.1, -0.05) is 66.7 Å². The van der Waals surface area contributed by atoms with Crippen LogP contribution in [-0.2, 0) is 11.4 Å². The summed E-state index contributed by atoms with van der Waals surface area (Å²) in [5, 5.41) is 6.14. The Balaban J connectivity index is 1.49. The SMILES string of the molecule is CC(NCC(=O)Nc1cccc(OCc2ccccc2)c1)c1ccccc1. The summed E-state index contributed by atoms with van der Waals surface area (Å²) < 4.78 is 5.80. The van der Waals surface area contributed by atoms with Gasteiger partial charge in [0.05, 0.1) is 6.54 Å². The molecule has 0 aliphatic heterocycles. The molecule has 0 spiro atoms. The van der Waals surface area contributed by atoms with Crippen molar-refractivity contribution in [1.82, 2.24) is 5.32 Å². The molecular weight excluding hydrogens is 336 g/mol. The van der Waals surface area contributed by atoms with Crippen molar-refractivity contribution in [3.05, 3.63) is 96.1 Å². The predicted octanol–water partition coefficient (Wildman–Crippen LogP) is 4.55. The lowest BCUT2D eigenvalue weighted by atomic mass is 10.1. The van der Waals surface area contributed by atoms with Crippen LogP contribution < -0.4 is 15.4 Å². The number of carbonyl (C=O) groups is 1. The summed E-state index contributed by atoms with van der Waals surface area (Å²) >= 11 is 0. The Morgan fingerprint density at radius 1 is 0.926 bits per heavy atom. The van der Waals surface area contributed by atoms with Crippen LogP contribution in [0.5, 0.6) is 5.75 Å². The number of hydrogen-bond donors (Lipinski definition) is 2. The van der Waals surface area contributed by atoms with Crippen LogP contribution in [0.3, 0.4) is 0 Å². The number of hydrogen-bond acceptors (Lipinski definition) is 3. The monoisotopic (exact) mass is 360 g/mol. The van der Waals surface area contributed by atoms with Gasteiger partial charge in [-0.2, -0.15) is 0 Å². The first-order valence-corrected chi connectivity index (χ1v) is 9.06. The summed E-state index contributed by atoms with van der Waals surface area (Å²) in [6.07, 6.45) is 0. The van der Waals surface area contributed by atoms with E-state index in [2.05, 4.69) is 10.6 Å². The van der Waals surface area contributed by atoms with E-state index in [9.17, 15) is 4.79 Å². The lowest BCUT2D eigenvalue weighted by Gasteiger charge is -2.14. The molecule has 4 heteroatoms. The van der Waals surface area contributed by atoms with Crippen molar-refractivity contribution >= 4 is 11.6 Å². The molecule has 1 atom stereocenters. The summed E-state index contributed by atoms with van der Waals surface area (Å²) in [5.41, 5.74) is 2.98. The second-order valence-corrected chi connectivity index (χ2v) is 6.36. The fourth-order valence-corrected chi connectivity index (χ4v) is 2.72. The number of anilines is 1. The summed E-state index contributed by atoms with van der Waals surface area (Å²) in [4.78, 5) is 12.2. The van der Waals surface area contributed by atoms with Crippen LogP contribution in [0.4, 0.5) is 5.69 Å². The van der Waals surface area contributed by atoms with Crippen LogP contribution in [0, 0.1) is 0 Å². The third-order valence-electron chi connectivity index (χ3n) is 4.23. The molecule has 0 fully saturated rings. The van der Waals surface area contributed by atoms with Gasteiger partial charge < -0.3 is 15.4 Å². The van der Waals surface area contributed by atoms with E-state index < -0.39 is 0 Å². The van der Waals surface area contributed by atoms with Crippen LogP contribution in [0.15, 0.2) is 84.9 Å². The molecule has 0 saturated carbocycles. The molecule has 0 aromatic heterocycles. The maximum Gasteiger partial charge on any atom is 0.238 e. The largest absolute Gasteiger partial charge is 0.489 e. The highest BCUT2D eigenvalue weighted by Gasteiger charge is 2.08. The highest BCUT2D eigenvalue weighted by molar-refractivity contribution is 5.92. The van der Waals surface area contributed by atoms with Crippen molar-refractivity contribution in [2.45, 2.75) is 19.6 Å². The van der Waals surface area contributed by atoms with Crippen LogP contribution in [0.1, 0.15) is 24.1 Å². The third-order valence-corrected chi connectivity index (χ3v) is 4.23. The number of carbonyl (C=O) groups excluding carboxylic acids is 1. The fraction of sp³-hybridized carbons (Fsp3) is 0.174. The van der Waals surface area contributed by atoms with Gasteiger partial charge in [0.1, 0.15) is 12.4 Å². The van der Waals surface area contributed by atoms with E-state index >= 15 is 0 Å². The average molecular weight is 360 g/mol. The Hall–Kier alpha value is -3.11. The normalized spacial score (nSPS) is 11.6. The molecule has 4 nitrogen and oxygen atoms in total. The summed E-state index contributed by atoms with van der Waals surface area (Å²) in [6.45, 7) is 2.78. The Morgan fingerprint density at radius 3 is 2.37 bits per heavy atom. The van der Waals surface area contributed by atoms with Crippen molar-refractivity contribution in [3.8, 4) is 5.75 Å². The fourth-order valence-electron chi connectivity index (χ4n) is 2.72. The molecule has 0 aliphatic carbocycles. The van der Waals surface area contributed by atoms with Crippen molar-refractivity contribution in [3.63, 3.8) is 0 Å². The van der Waals surface area contributed by atoms with Gasteiger partial charge in [0.25, 0.3) is 0 Å². The molecule has 0 saturated heterocycles. The van der Waals surface area contributed by atoms with Crippen LogP contribution in [-0.4, -0.2) is 12.5 Å². The van der Waals surface area contributed by atoms with Crippen molar-refractivity contribution in [1.29, 1.82) is 0 Å². The number of nitrogens with one attached hydrogen (secondary N) is 2. The molecule has 2 N–H and O–H groups in total. The van der Waals surface area contributed by atoms with E-state index in [1.54, 1.807) is 0 Å². The van der Waals surface area contributed by atoms with E-state index in [1.165, 1.54) is 0 Å². The smallest absolute Gasteiger partial charge is 0.238 e. The predicted molar refractivity (Wildman–Crippen MR) is 109 cm³/mol. The summed E-state index contributed by atoms with van der Waals surface area (Å²) in [5.74, 6) is 0.639. The van der Waals surface area contributed by atoms with Crippen LogP contribution in [0.25, 0.3) is 0 Å². The zero-order valence-electron chi connectivity index (χ0n) is 15.4. The van der Waals surface area contributed by atoms with E-state index in [4.69, 9.17) is 4.74 Å². The van der Waals surface area contributed by atoms with Gasteiger partial charge in [0, 0.05) is 17.8 Å². The molecule has 27 heavy (non-hydrogen) atoms. The maximum atomic E-state index is 12.2. The number of amides is 1. The van der Waals surface area contributed by atoms with Gasteiger partial charge >= 0.3 is 0 Å². The lowest BCUT2D eigenvalue weighted by molar-refractivity contribution is -0.115. The van der Waals surface area contributed by atoms with Gasteiger partial charge in [0.2, 0.25) is 5.91 Å². The molecule has 3 aromatic carbocycles. The number of rotatable bonds is 8. The molecular formula is C23H24N2O2. The highest BCUT2D eigenvalue weighted by atomic mass is 16.5. The highest BCUT2D eigenvalue weighted by Crippen LogP contribution is 2.18. The molecule has 0 aliphatic rings. The quantitative estimate of drug-likeness (QED) is 0.619. The molecule has 3 rings (SSSR count). The zero-order valence-corrected chi connectivity index (χ0v) is 15.4. The van der Waals surface area contributed by atoms with Crippen LogP contribution in [0.2, 0.25) is 0 Å². The first kappa shape index (κ1) is 18.7. The molecule has 138 valence electrons. The second-order valence-electron chi connectivity index (χ2n) is 6.36. The van der Waals surface area contributed by atoms with Gasteiger partial charge in [0.15, 0.2) is 0 Å². The molecule has 1 amide bonds. The molecule has 0 radical (unpaired) electrons. The first-order valence-electron chi connectivity index (χ1n) is 9.06. The maximum absolute atomic E-state index is 12.2. The van der Waals surface area contributed by atoms with Crippen molar-refractivity contribution in [2.75, 3.05) is 11.9 Å². The van der Waals surface area contributed by atoms with Gasteiger partial charge in [-0.15, -0.1) is 0 Å². The topological polar surface area (TPSA) is 50.4 Å². The Bertz CT molecular complexity index is 851. The third kappa shape index (κ3) is 5.97. The zero-order chi connectivity index (χ0) is 18.9. The molecule has 0 bridgehead atoms. The first-order chi connectivity index (χ1) is 13.2. The lowest BCUT2D eigenvalue weighted by Crippen LogP contribution is -2.30. The van der Waals surface area contributed by atoms with Gasteiger partial charge in [-0.3, -0.25) is 4.79 Å². The van der Waals surface area contributed by atoms with E-state index in [0.717, 1.165) is 22.6 Å². The van der Waals surface area contributed by atoms with Crippen LogP contribution >= 0.6 is 0 Å². The number of ether oxygens (including phenoxy) is 1. The molecule has 0 heterocycles. The number of benzene rings is 3. The van der Waals surface area contributed by atoms with E-state index in [1.807, 2.05) is 91.9 Å². The van der Waals surface area contributed by atoms with Crippen molar-refractivity contribution < 1.29 is 9.53 Å². The Labute approximate surface area is 160 Å². The summed E-state index contributed by atoms with van der Waals surface area (Å²) in [7, 11) is 0. The van der Waals surface area contributed by atoms with Crippen molar-refractivity contribution in [2.24, 2.45) is 0 Å². The second kappa shape index (κ2) is 9.55. The minimum atomic E-state index is -0.0852. The summed E-state index contributed by atoms with van der Waals surface area (Å²) in [6, 6.07) is 27.6. The Kier molecular flexibility index (Phi) is 6.61. The van der Waals surface area contributed by atoms with Gasteiger partial charge in [-0.05, 0) is 30.2 Å². The average Bonchev–Trinajstić information content (AvgIpc) is 2.72. The standard InChI is InChI=1S/C23H24N2O2/c1-18(20-11-6-3-7-12-20)24-16-23(26)25-21-13-8-14-22(15-21)27-17-19-9-4-2-5-10-19/h2-15,18,24H,16-17H2,1H3,(H,25,26). The minimum Gasteiger partial charge on any atom is -0.489 e. The minimum absolute atomic E-state index is 0.0852. The van der Waals surface area contributed by atoms with Gasteiger partial charge in [-0.25, -0.2) is 0 Å². The Morgan fingerprint density at radius 2 is 1.63 bits per heavy atom. The van der Waals surface area contributed by atoms with E-state index in [0.29, 0.717) is 6.61 Å². The molecule has 1 unspecified atom stereocenters.